The van der Waals surface area contributed by atoms with Gasteiger partial charge in [0.05, 0.1) is 18.3 Å². The van der Waals surface area contributed by atoms with Crippen molar-refractivity contribution in [2.45, 2.75) is 25.9 Å². The van der Waals surface area contributed by atoms with E-state index < -0.39 is 11.9 Å². The van der Waals surface area contributed by atoms with E-state index in [9.17, 15) is 14.3 Å². The Labute approximate surface area is 118 Å². The summed E-state index contributed by atoms with van der Waals surface area (Å²) in [6, 6.07) is 4.60. The average molecular weight is 280 g/mol. The zero-order valence-electron chi connectivity index (χ0n) is 12.0. The van der Waals surface area contributed by atoms with Gasteiger partial charge in [-0.05, 0) is 37.5 Å². The fourth-order valence-corrected chi connectivity index (χ4v) is 2.45. The van der Waals surface area contributed by atoms with E-state index in [4.69, 9.17) is 0 Å². The molecule has 1 amide bonds. The van der Waals surface area contributed by atoms with Crippen LogP contribution < -0.4 is 4.90 Å². The maximum Gasteiger partial charge on any atom is 0.242 e. The van der Waals surface area contributed by atoms with Crippen LogP contribution in [0.5, 0.6) is 0 Å². The molecule has 4 nitrogen and oxygen atoms in total. The Kier molecular flexibility index (Phi) is 4.60. The second-order valence-electron chi connectivity index (χ2n) is 5.33. The number of anilines is 1. The molecular formula is C15H21FN2O2. The average Bonchev–Trinajstić information content (AvgIpc) is 2.92. The van der Waals surface area contributed by atoms with Crippen LogP contribution in [-0.4, -0.2) is 42.6 Å². The Bertz CT molecular complexity index is 485. The number of likely N-dealkylation sites (N-methyl/N-ethyl adjacent to an activating group) is 1. The summed E-state index contributed by atoms with van der Waals surface area (Å²) in [6.45, 7) is 3.37. The third kappa shape index (κ3) is 3.28. The van der Waals surface area contributed by atoms with Crippen molar-refractivity contribution >= 4 is 11.6 Å². The van der Waals surface area contributed by atoms with Crippen LogP contribution in [-0.2, 0) is 4.79 Å². The molecule has 1 aliphatic rings. The highest BCUT2D eigenvalue weighted by Crippen LogP contribution is 2.23. The lowest BCUT2D eigenvalue weighted by Crippen LogP contribution is -2.37. The number of hydrogen-bond acceptors (Lipinski definition) is 3. The number of likely N-dealkylation sites (tertiary alicyclic amines) is 1. The van der Waals surface area contributed by atoms with Gasteiger partial charge in [0, 0.05) is 20.1 Å². The molecule has 1 atom stereocenters. The number of rotatable bonds is 4. The van der Waals surface area contributed by atoms with Crippen LogP contribution in [0.4, 0.5) is 10.1 Å². The molecule has 1 aromatic rings. The van der Waals surface area contributed by atoms with Gasteiger partial charge in [-0.25, -0.2) is 4.39 Å². The first-order chi connectivity index (χ1) is 9.49. The molecular weight excluding hydrogens is 259 g/mol. The second-order valence-corrected chi connectivity index (χ2v) is 5.33. The molecule has 0 aliphatic carbocycles. The molecule has 0 radical (unpaired) electrons. The number of carbonyl (C=O) groups excluding carboxylic acids is 1. The number of aliphatic hydroxyl groups is 1. The number of halogens is 1. The summed E-state index contributed by atoms with van der Waals surface area (Å²) < 4.78 is 14.0. The molecule has 0 spiro atoms. The van der Waals surface area contributed by atoms with E-state index in [0.717, 1.165) is 25.9 Å². The van der Waals surface area contributed by atoms with Crippen LogP contribution >= 0.6 is 0 Å². The van der Waals surface area contributed by atoms with Crippen molar-refractivity contribution in [2.24, 2.45) is 0 Å². The van der Waals surface area contributed by atoms with Crippen LogP contribution in [0, 0.1) is 5.82 Å². The minimum atomic E-state index is -0.699. The third-order valence-electron chi connectivity index (χ3n) is 3.70. The fourth-order valence-electron chi connectivity index (χ4n) is 2.45. The summed E-state index contributed by atoms with van der Waals surface area (Å²) in [5.41, 5.74) is 0.910. The largest absolute Gasteiger partial charge is 0.389 e. The van der Waals surface area contributed by atoms with Crippen molar-refractivity contribution in [1.82, 2.24) is 4.90 Å². The molecule has 1 aromatic carbocycles. The van der Waals surface area contributed by atoms with Crippen LogP contribution in [0.1, 0.15) is 31.4 Å². The summed E-state index contributed by atoms with van der Waals surface area (Å²) in [5, 5.41) is 9.43. The highest BCUT2D eigenvalue weighted by molar-refractivity contribution is 5.81. The molecule has 110 valence electrons. The van der Waals surface area contributed by atoms with Gasteiger partial charge in [-0.2, -0.15) is 0 Å². The quantitative estimate of drug-likeness (QED) is 0.916. The summed E-state index contributed by atoms with van der Waals surface area (Å²) in [7, 11) is 1.70. The summed E-state index contributed by atoms with van der Waals surface area (Å²) in [4.78, 5) is 15.5. The predicted octanol–water partition coefficient (Wildman–Crippen LogP) is 1.94. The Hall–Kier alpha value is -1.62. The molecule has 1 heterocycles. The third-order valence-corrected chi connectivity index (χ3v) is 3.70. The topological polar surface area (TPSA) is 43.8 Å². The van der Waals surface area contributed by atoms with Gasteiger partial charge in [0.25, 0.3) is 0 Å². The Morgan fingerprint density at radius 1 is 1.45 bits per heavy atom. The van der Waals surface area contributed by atoms with E-state index in [2.05, 4.69) is 0 Å². The number of benzene rings is 1. The SMILES string of the molecule is C[C@@H](O)c1ccc(N(C)CC(=O)N2CCCC2)c(F)c1. The number of nitrogens with zero attached hydrogens (tertiary/aromatic N) is 2. The van der Waals surface area contributed by atoms with E-state index in [1.807, 2.05) is 4.90 Å². The minimum absolute atomic E-state index is 0.0315. The van der Waals surface area contributed by atoms with Gasteiger partial charge >= 0.3 is 0 Å². The highest BCUT2D eigenvalue weighted by Gasteiger charge is 2.20. The number of hydrogen-bond donors (Lipinski definition) is 1. The number of aliphatic hydroxyl groups excluding tert-OH is 1. The van der Waals surface area contributed by atoms with Gasteiger partial charge in [0.15, 0.2) is 0 Å². The predicted molar refractivity (Wildman–Crippen MR) is 76.1 cm³/mol. The first-order valence-corrected chi connectivity index (χ1v) is 6.95. The Morgan fingerprint density at radius 2 is 2.10 bits per heavy atom. The molecule has 0 aromatic heterocycles. The van der Waals surface area contributed by atoms with Gasteiger partial charge in [-0.1, -0.05) is 6.07 Å². The molecule has 1 saturated heterocycles. The van der Waals surface area contributed by atoms with E-state index in [1.165, 1.54) is 6.07 Å². The second kappa shape index (κ2) is 6.22. The lowest BCUT2D eigenvalue weighted by molar-refractivity contribution is -0.128. The Balaban J connectivity index is 2.05. The van der Waals surface area contributed by atoms with Crippen molar-refractivity contribution in [1.29, 1.82) is 0 Å². The lowest BCUT2D eigenvalue weighted by Gasteiger charge is -2.23. The van der Waals surface area contributed by atoms with Crippen molar-refractivity contribution in [3.05, 3.63) is 29.6 Å². The van der Waals surface area contributed by atoms with Gasteiger partial charge in [-0.15, -0.1) is 0 Å². The van der Waals surface area contributed by atoms with Gasteiger partial charge < -0.3 is 14.9 Å². The molecule has 0 bridgehead atoms. The number of carbonyl (C=O) groups is 1. The zero-order chi connectivity index (χ0) is 14.7. The zero-order valence-corrected chi connectivity index (χ0v) is 12.0. The first kappa shape index (κ1) is 14.8. The van der Waals surface area contributed by atoms with Crippen molar-refractivity contribution < 1.29 is 14.3 Å². The molecule has 0 unspecified atom stereocenters. The molecule has 1 fully saturated rings. The van der Waals surface area contributed by atoms with Crippen molar-refractivity contribution in [3.8, 4) is 0 Å². The van der Waals surface area contributed by atoms with Gasteiger partial charge in [-0.3, -0.25) is 4.79 Å². The molecule has 1 aliphatic heterocycles. The standard InChI is InChI=1S/C15H21FN2O2/c1-11(19)12-5-6-14(13(16)9-12)17(2)10-15(20)18-7-3-4-8-18/h5-6,9,11,19H,3-4,7-8,10H2,1-2H3/t11-/m1/s1. The Morgan fingerprint density at radius 3 is 2.65 bits per heavy atom. The summed E-state index contributed by atoms with van der Waals surface area (Å²) in [5.74, 6) is -0.385. The van der Waals surface area contributed by atoms with E-state index in [1.54, 1.807) is 31.0 Å². The van der Waals surface area contributed by atoms with Gasteiger partial charge in [0.2, 0.25) is 5.91 Å². The summed E-state index contributed by atoms with van der Waals surface area (Å²) >= 11 is 0. The lowest BCUT2D eigenvalue weighted by atomic mass is 10.1. The molecule has 1 N–H and O–H groups in total. The van der Waals surface area contributed by atoms with Crippen LogP contribution in [0.15, 0.2) is 18.2 Å². The molecule has 20 heavy (non-hydrogen) atoms. The van der Waals surface area contributed by atoms with Crippen LogP contribution in [0.3, 0.4) is 0 Å². The first-order valence-electron chi connectivity index (χ1n) is 6.95. The minimum Gasteiger partial charge on any atom is -0.389 e. The number of amides is 1. The maximum atomic E-state index is 14.0. The fraction of sp³-hybridized carbons (Fsp3) is 0.533. The van der Waals surface area contributed by atoms with Crippen LogP contribution in [0.2, 0.25) is 0 Å². The van der Waals surface area contributed by atoms with E-state index in [0.29, 0.717) is 11.3 Å². The molecule has 5 heteroatoms. The maximum absolute atomic E-state index is 14.0. The van der Waals surface area contributed by atoms with Gasteiger partial charge in [0.1, 0.15) is 5.82 Å². The monoisotopic (exact) mass is 280 g/mol. The molecule has 0 saturated carbocycles. The van der Waals surface area contributed by atoms with Crippen LogP contribution in [0.25, 0.3) is 0 Å². The van der Waals surface area contributed by atoms with E-state index >= 15 is 0 Å². The normalized spacial score (nSPS) is 16.3. The van der Waals surface area contributed by atoms with Crippen molar-refractivity contribution in [3.63, 3.8) is 0 Å². The van der Waals surface area contributed by atoms with E-state index in [-0.39, 0.29) is 12.5 Å². The summed E-state index contributed by atoms with van der Waals surface area (Å²) in [6.07, 6.45) is 1.40. The smallest absolute Gasteiger partial charge is 0.242 e. The highest BCUT2D eigenvalue weighted by atomic mass is 19.1. The molecule has 2 rings (SSSR count). The van der Waals surface area contributed by atoms with Crippen molar-refractivity contribution in [2.75, 3.05) is 31.6 Å².